The van der Waals surface area contributed by atoms with Gasteiger partial charge < -0.3 is 0 Å². The van der Waals surface area contributed by atoms with Gasteiger partial charge in [0.1, 0.15) is 11.6 Å². The van der Waals surface area contributed by atoms with Crippen molar-refractivity contribution in [2.75, 3.05) is 0 Å². The summed E-state index contributed by atoms with van der Waals surface area (Å²) in [7, 11) is 0. The van der Waals surface area contributed by atoms with E-state index in [4.69, 9.17) is 39.9 Å². The zero-order chi connectivity index (χ0) is 76.8. The van der Waals surface area contributed by atoms with E-state index in [9.17, 15) is 0 Å². The highest BCUT2D eigenvalue weighted by Gasteiger charge is 2.25. The number of para-hydroxylation sites is 5. The number of nitrogens with zero attached hydrogens (tertiary/aromatic N) is 10. The molecule has 22 rings (SSSR count). The Labute approximate surface area is 669 Å². The first-order chi connectivity index (χ1) is 57.5. The summed E-state index contributed by atoms with van der Waals surface area (Å²) in [6, 6.07) is 143. The minimum Gasteiger partial charge on any atom is -0.292 e. The molecule has 16 aromatic carbocycles. The minimum atomic E-state index is 0.660. The molecule has 0 atom stereocenters. The number of benzene rings is 16. The zero-order valence-corrected chi connectivity index (χ0v) is 62.7. The number of pyridine rings is 2. The third-order valence-electron chi connectivity index (χ3n) is 21.8. The highest BCUT2D eigenvalue weighted by molar-refractivity contribution is 6.22. The standard InChI is InChI=1S/C54H35N5.C52H33N5/c1-5-16-36(17-6-1)37-28-30-38(31-29-37)47-35-48(57-53(56-47)39-18-7-2-8-19-39)41-22-15-23-42(34-41)51-50-45(44-26-13-14-27-46(44)55-51)32-33-49-52(50)58-54(40-20-9-3-10-21-40)59(49)43-24-11-4-12-25-43;1-4-15-34(16-5-1)35-27-29-36(30-28-35)48-43-24-11-13-26-45(43)54-51(55-48)39-20-14-19-38(33-39)49-47-42(41-23-10-12-25-44(41)53-49)31-32-46-50(47)56-52(37-17-6-2-7-18-37)57(46)40-21-8-3-9-22-40/h1-35H;1-33H. The maximum Gasteiger partial charge on any atom is 0.160 e. The van der Waals surface area contributed by atoms with Crippen LogP contribution < -0.4 is 0 Å². The molecule has 10 nitrogen and oxygen atoms in total. The Balaban J connectivity index is 0.000000145. The van der Waals surface area contributed by atoms with Gasteiger partial charge in [-0.25, -0.2) is 39.9 Å². The van der Waals surface area contributed by atoms with Crippen LogP contribution in [0, 0.1) is 0 Å². The van der Waals surface area contributed by atoms with Crippen LogP contribution in [0.15, 0.2) is 413 Å². The van der Waals surface area contributed by atoms with E-state index >= 15 is 0 Å². The molecule has 0 radical (unpaired) electrons. The van der Waals surface area contributed by atoms with Gasteiger partial charge in [0.05, 0.1) is 67.1 Å². The predicted molar refractivity (Wildman–Crippen MR) is 476 cm³/mol. The Morgan fingerprint density at radius 2 is 0.509 bits per heavy atom. The van der Waals surface area contributed by atoms with Crippen LogP contribution in [-0.2, 0) is 0 Å². The van der Waals surface area contributed by atoms with E-state index in [0.717, 1.165) is 183 Å². The number of imidazole rings is 2. The molecule has 0 amide bonds. The molecule has 6 aromatic heterocycles. The van der Waals surface area contributed by atoms with Crippen LogP contribution in [-0.4, -0.2) is 49.0 Å². The van der Waals surface area contributed by atoms with E-state index < -0.39 is 0 Å². The van der Waals surface area contributed by atoms with Gasteiger partial charge >= 0.3 is 0 Å². The Hall–Kier alpha value is -15.8. The van der Waals surface area contributed by atoms with E-state index in [0.29, 0.717) is 11.6 Å². The fourth-order valence-corrected chi connectivity index (χ4v) is 16.3. The van der Waals surface area contributed by atoms with Crippen molar-refractivity contribution in [1.82, 2.24) is 49.0 Å². The monoisotopic (exact) mass is 1480 g/mol. The molecule has 0 aliphatic carbocycles. The van der Waals surface area contributed by atoms with Crippen molar-refractivity contribution in [2.45, 2.75) is 0 Å². The maximum atomic E-state index is 5.48. The number of aromatic nitrogens is 10. The van der Waals surface area contributed by atoms with Crippen LogP contribution in [0.5, 0.6) is 0 Å². The summed E-state index contributed by atoms with van der Waals surface area (Å²) < 4.78 is 4.52. The Morgan fingerprint density at radius 3 is 0.983 bits per heavy atom. The number of rotatable bonds is 13. The second kappa shape index (κ2) is 29.5. The maximum absolute atomic E-state index is 5.48. The summed E-state index contributed by atoms with van der Waals surface area (Å²) in [4.78, 5) is 42.5. The summed E-state index contributed by atoms with van der Waals surface area (Å²) in [5.41, 5.74) is 26.7. The van der Waals surface area contributed by atoms with Gasteiger partial charge in [-0.05, 0) is 106 Å². The van der Waals surface area contributed by atoms with Gasteiger partial charge in [-0.2, -0.15) is 0 Å². The Morgan fingerprint density at radius 1 is 0.172 bits per heavy atom. The molecule has 0 saturated heterocycles. The molecule has 0 aliphatic heterocycles. The predicted octanol–water partition coefficient (Wildman–Crippen LogP) is 26.5. The lowest BCUT2D eigenvalue weighted by Crippen LogP contribution is -1.97. The van der Waals surface area contributed by atoms with E-state index in [1.807, 2.05) is 72.8 Å². The zero-order valence-electron chi connectivity index (χ0n) is 62.7. The van der Waals surface area contributed by atoms with E-state index in [-0.39, 0.29) is 0 Å². The fraction of sp³-hybridized carbons (Fsp3) is 0. The molecule has 0 spiro atoms. The lowest BCUT2D eigenvalue weighted by molar-refractivity contribution is 1.10. The molecule has 0 aliphatic rings. The van der Waals surface area contributed by atoms with Crippen LogP contribution in [0.1, 0.15) is 0 Å². The third kappa shape index (κ3) is 12.6. The largest absolute Gasteiger partial charge is 0.292 e. The smallest absolute Gasteiger partial charge is 0.160 e. The highest BCUT2D eigenvalue weighted by Crippen LogP contribution is 2.44. The number of hydrogen-bond acceptors (Lipinski definition) is 8. The summed E-state index contributed by atoms with van der Waals surface area (Å²) >= 11 is 0. The fourth-order valence-electron chi connectivity index (χ4n) is 16.3. The van der Waals surface area contributed by atoms with Gasteiger partial charge in [-0.1, -0.05) is 340 Å². The molecule has 0 unspecified atom stereocenters. The van der Waals surface area contributed by atoms with Gasteiger partial charge in [0, 0.05) is 88.4 Å². The van der Waals surface area contributed by atoms with Gasteiger partial charge in [0.2, 0.25) is 0 Å². The third-order valence-corrected chi connectivity index (χ3v) is 21.8. The molecule has 116 heavy (non-hydrogen) atoms. The van der Waals surface area contributed by atoms with Crippen molar-refractivity contribution in [3.8, 4) is 135 Å². The minimum absolute atomic E-state index is 0.660. The lowest BCUT2D eigenvalue weighted by Gasteiger charge is -2.13. The molecule has 22 aromatic rings. The molecule has 10 heteroatoms. The second-order valence-corrected chi connectivity index (χ2v) is 28.9. The molecule has 0 fully saturated rings. The van der Waals surface area contributed by atoms with Crippen LogP contribution in [0.3, 0.4) is 0 Å². The van der Waals surface area contributed by atoms with Crippen molar-refractivity contribution in [1.29, 1.82) is 0 Å². The van der Waals surface area contributed by atoms with E-state index in [1.165, 1.54) is 16.7 Å². The van der Waals surface area contributed by atoms with Crippen LogP contribution in [0.2, 0.25) is 0 Å². The van der Waals surface area contributed by atoms with Crippen molar-refractivity contribution in [2.24, 2.45) is 0 Å². The molecule has 0 bridgehead atoms. The summed E-state index contributed by atoms with van der Waals surface area (Å²) in [5.74, 6) is 3.09. The van der Waals surface area contributed by atoms with Gasteiger partial charge in [-0.15, -0.1) is 0 Å². The van der Waals surface area contributed by atoms with Crippen molar-refractivity contribution < 1.29 is 0 Å². The van der Waals surface area contributed by atoms with Crippen molar-refractivity contribution >= 4 is 76.3 Å². The first kappa shape index (κ1) is 68.3. The highest BCUT2D eigenvalue weighted by atomic mass is 15.1. The van der Waals surface area contributed by atoms with Crippen LogP contribution >= 0.6 is 0 Å². The van der Waals surface area contributed by atoms with Gasteiger partial charge in [-0.3, -0.25) is 9.13 Å². The average molecular weight is 1480 g/mol. The molecule has 542 valence electrons. The first-order valence-electron chi connectivity index (χ1n) is 39.0. The van der Waals surface area contributed by atoms with Crippen LogP contribution in [0.25, 0.3) is 212 Å². The van der Waals surface area contributed by atoms with Crippen LogP contribution in [0.4, 0.5) is 0 Å². The Bertz CT molecular complexity index is 7450. The summed E-state index contributed by atoms with van der Waals surface area (Å²) in [6.07, 6.45) is 0. The normalized spacial score (nSPS) is 11.4. The number of hydrogen-bond donors (Lipinski definition) is 0. The first-order valence-corrected chi connectivity index (χ1v) is 39.0. The summed E-state index contributed by atoms with van der Waals surface area (Å²) in [5, 5.41) is 7.42. The molecule has 0 saturated carbocycles. The summed E-state index contributed by atoms with van der Waals surface area (Å²) in [6.45, 7) is 0. The molecular formula is C106H68N10. The van der Waals surface area contributed by atoms with E-state index in [2.05, 4.69) is 349 Å². The van der Waals surface area contributed by atoms with E-state index in [1.54, 1.807) is 0 Å². The van der Waals surface area contributed by atoms with Crippen molar-refractivity contribution in [3.63, 3.8) is 0 Å². The Kier molecular flexibility index (Phi) is 17.3. The SMILES string of the molecule is c1ccc(-c2ccc(-c3cc(-c4cccc(-c5nc6ccccc6c6ccc7c(nc(-c8ccccc8)n7-c7ccccc7)c56)c4)nc(-c4ccccc4)n3)cc2)cc1.c1ccc(-c2ccc(-c3nc(-c4cccc(-c5nc6ccccc6c6ccc7c(nc(-c8ccccc8)n7-c7ccccc7)c56)c4)nc4ccccc34)cc2)cc1. The van der Waals surface area contributed by atoms with Gasteiger partial charge in [0.15, 0.2) is 11.6 Å². The van der Waals surface area contributed by atoms with Gasteiger partial charge in [0.25, 0.3) is 0 Å². The second-order valence-electron chi connectivity index (χ2n) is 28.9. The quantitative estimate of drug-likeness (QED) is 0.105. The molecular weight excluding hydrogens is 1410 g/mol. The van der Waals surface area contributed by atoms with Crippen molar-refractivity contribution in [3.05, 3.63) is 413 Å². The topological polar surface area (TPSA) is 113 Å². The lowest BCUT2D eigenvalue weighted by atomic mass is 9.97. The molecule has 0 N–H and O–H groups in total. The average Bonchev–Trinajstić information content (AvgIpc) is 1.53. The number of fused-ring (bicyclic) bond motifs is 11. The molecule has 6 heterocycles.